The zero-order valence-electron chi connectivity index (χ0n) is 8.02. The van der Waals surface area contributed by atoms with Crippen molar-refractivity contribution in [2.75, 3.05) is 19.7 Å². The lowest BCUT2D eigenvalue weighted by atomic mass is 10.4. The Bertz CT molecular complexity index is 126. The molecular formula is C8H18N2O2. The summed E-state index contributed by atoms with van der Waals surface area (Å²) in [6.07, 6.45) is -0.344. The van der Waals surface area contributed by atoms with Crippen LogP contribution in [0.15, 0.2) is 0 Å². The molecule has 0 atom stereocenters. The molecule has 0 spiro atoms. The third kappa shape index (κ3) is 7.34. The van der Waals surface area contributed by atoms with Crippen molar-refractivity contribution in [2.45, 2.75) is 26.8 Å². The molecule has 0 aliphatic rings. The molecule has 0 aromatic heterocycles. The first kappa shape index (κ1) is 11.2. The van der Waals surface area contributed by atoms with Crippen molar-refractivity contribution < 1.29 is 9.53 Å². The van der Waals surface area contributed by atoms with Crippen LogP contribution in [0.4, 0.5) is 4.79 Å². The Balaban J connectivity index is 3.14. The number of hydrogen-bond donors (Lipinski definition) is 2. The van der Waals surface area contributed by atoms with Gasteiger partial charge in [0.05, 0.1) is 0 Å². The van der Waals surface area contributed by atoms with Crippen molar-refractivity contribution in [2.24, 2.45) is 0 Å². The Morgan fingerprint density at radius 1 is 1.50 bits per heavy atom. The maximum absolute atomic E-state index is 10.7. The monoisotopic (exact) mass is 174 g/mol. The van der Waals surface area contributed by atoms with Crippen LogP contribution >= 0.6 is 0 Å². The fourth-order valence-electron chi connectivity index (χ4n) is 0.687. The van der Waals surface area contributed by atoms with Crippen LogP contribution in [0.5, 0.6) is 0 Å². The summed E-state index contributed by atoms with van der Waals surface area (Å²) in [4.78, 5) is 10.7. The predicted octanol–water partition coefficient (Wildman–Crippen LogP) is 0.730. The van der Waals surface area contributed by atoms with Gasteiger partial charge in [-0.2, -0.15) is 0 Å². The fourth-order valence-corrected chi connectivity index (χ4v) is 0.687. The number of nitrogens with one attached hydrogen (secondary N) is 2. The minimum absolute atomic E-state index is 0.344. The lowest BCUT2D eigenvalue weighted by molar-refractivity contribution is 0.146. The molecule has 0 rings (SSSR count). The Kier molecular flexibility index (Phi) is 6.47. The quantitative estimate of drug-likeness (QED) is 0.604. The summed E-state index contributed by atoms with van der Waals surface area (Å²) in [6, 6.07) is 0.433. The molecule has 0 heterocycles. The zero-order chi connectivity index (χ0) is 9.40. The molecule has 4 nitrogen and oxygen atoms in total. The first-order valence-electron chi connectivity index (χ1n) is 4.30. The van der Waals surface area contributed by atoms with Crippen molar-refractivity contribution in [3.05, 3.63) is 0 Å². The van der Waals surface area contributed by atoms with E-state index in [1.807, 2.05) is 20.8 Å². The van der Waals surface area contributed by atoms with E-state index >= 15 is 0 Å². The Morgan fingerprint density at radius 3 is 2.67 bits per heavy atom. The second kappa shape index (κ2) is 6.91. The van der Waals surface area contributed by atoms with Gasteiger partial charge in [0.25, 0.3) is 0 Å². The largest absolute Gasteiger partial charge is 0.448 e. The van der Waals surface area contributed by atoms with E-state index in [4.69, 9.17) is 4.74 Å². The smallest absolute Gasteiger partial charge is 0.407 e. The second-order valence-corrected chi connectivity index (χ2v) is 2.78. The lowest BCUT2D eigenvalue weighted by Gasteiger charge is -2.08. The van der Waals surface area contributed by atoms with Gasteiger partial charge in [0.1, 0.15) is 6.61 Å². The van der Waals surface area contributed by atoms with Crippen molar-refractivity contribution in [1.82, 2.24) is 10.6 Å². The highest BCUT2D eigenvalue weighted by atomic mass is 16.5. The highest BCUT2D eigenvalue weighted by molar-refractivity contribution is 5.66. The summed E-state index contributed by atoms with van der Waals surface area (Å²) < 4.78 is 4.82. The standard InChI is InChI=1S/C8H18N2O2/c1-4-9-8(11)12-6-5-10-7(2)3/h7,10H,4-6H2,1-3H3,(H,9,11). The molecule has 0 saturated carbocycles. The number of rotatable bonds is 5. The minimum atomic E-state index is -0.344. The van der Waals surface area contributed by atoms with Crippen LogP contribution in [-0.4, -0.2) is 31.8 Å². The van der Waals surface area contributed by atoms with Crippen molar-refractivity contribution in [3.63, 3.8) is 0 Å². The van der Waals surface area contributed by atoms with E-state index in [0.717, 1.165) is 0 Å². The number of alkyl carbamates (subject to hydrolysis) is 1. The Labute approximate surface area is 73.7 Å². The van der Waals surface area contributed by atoms with Gasteiger partial charge < -0.3 is 15.4 Å². The molecule has 0 aliphatic carbocycles. The van der Waals surface area contributed by atoms with Crippen LogP contribution < -0.4 is 10.6 Å². The average molecular weight is 174 g/mol. The minimum Gasteiger partial charge on any atom is -0.448 e. The number of carbonyl (C=O) groups excluding carboxylic acids is 1. The van der Waals surface area contributed by atoms with Gasteiger partial charge in [-0.05, 0) is 6.92 Å². The first-order valence-corrected chi connectivity index (χ1v) is 4.30. The lowest BCUT2D eigenvalue weighted by Crippen LogP contribution is -2.30. The molecule has 0 aromatic carbocycles. The van der Waals surface area contributed by atoms with Crippen LogP contribution in [0.25, 0.3) is 0 Å². The molecule has 0 fully saturated rings. The zero-order valence-corrected chi connectivity index (χ0v) is 8.02. The van der Waals surface area contributed by atoms with Gasteiger partial charge in [-0.15, -0.1) is 0 Å². The van der Waals surface area contributed by atoms with Crippen molar-refractivity contribution in [3.8, 4) is 0 Å². The molecule has 0 radical (unpaired) electrons. The maximum atomic E-state index is 10.7. The van der Waals surface area contributed by atoms with Gasteiger partial charge in [0, 0.05) is 19.1 Å². The van der Waals surface area contributed by atoms with Gasteiger partial charge in [-0.25, -0.2) is 4.79 Å². The van der Waals surface area contributed by atoms with Crippen LogP contribution in [0, 0.1) is 0 Å². The third-order valence-corrected chi connectivity index (χ3v) is 1.21. The van der Waals surface area contributed by atoms with Gasteiger partial charge >= 0.3 is 6.09 Å². The van der Waals surface area contributed by atoms with Crippen molar-refractivity contribution >= 4 is 6.09 Å². The number of hydrogen-bond acceptors (Lipinski definition) is 3. The summed E-state index contributed by atoms with van der Waals surface area (Å²) in [5.41, 5.74) is 0. The molecule has 0 unspecified atom stereocenters. The molecule has 72 valence electrons. The van der Waals surface area contributed by atoms with E-state index < -0.39 is 0 Å². The van der Waals surface area contributed by atoms with E-state index in [-0.39, 0.29) is 6.09 Å². The predicted molar refractivity (Wildman–Crippen MR) is 48.2 cm³/mol. The maximum Gasteiger partial charge on any atom is 0.407 e. The fraction of sp³-hybridized carbons (Fsp3) is 0.875. The Morgan fingerprint density at radius 2 is 2.17 bits per heavy atom. The SMILES string of the molecule is CCNC(=O)OCCNC(C)C. The average Bonchev–Trinajstić information content (AvgIpc) is 1.98. The van der Waals surface area contributed by atoms with Gasteiger partial charge in [0.2, 0.25) is 0 Å². The van der Waals surface area contributed by atoms with Gasteiger partial charge in [-0.1, -0.05) is 13.8 Å². The molecular weight excluding hydrogens is 156 g/mol. The van der Waals surface area contributed by atoms with E-state index in [1.165, 1.54) is 0 Å². The summed E-state index contributed by atoms with van der Waals surface area (Å²) in [6.45, 7) is 7.68. The third-order valence-electron chi connectivity index (χ3n) is 1.21. The van der Waals surface area contributed by atoms with Crippen LogP contribution in [0.2, 0.25) is 0 Å². The first-order chi connectivity index (χ1) is 5.66. The number of amides is 1. The van der Waals surface area contributed by atoms with Crippen LogP contribution in [0.1, 0.15) is 20.8 Å². The Hall–Kier alpha value is -0.770. The molecule has 4 heteroatoms. The van der Waals surface area contributed by atoms with E-state index in [1.54, 1.807) is 0 Å². The molecule has 12 heavy (non-hydrogen) atoms. The molecule has 1 amide bonds. The van der Waals surface area contributed by atoms with Gasteiger partial charge in [0.15, 0.2) is 0 Å². The van der Waals surface area contributed by atoms with Gasteiger partial charge in [-0.3, -0.25) is 0 Å². The topological polar surface area (TPSA) is 50.4 Å². The summed E-state index contributed by atoms with van der Waals surface area (Å²) >= 11 is 0. The van der Waals surface area contributed by atoms with Crippen molar-refractivity contribution in [1.29, 1.82) is 0 Å². The van der Waals surface area contributed by atoms with Crippen LogP contribution in [-0.2, 0) is 4.74 Å². The molecule has 0 aromatic rings. The normalized spacial score (nSPS) is 10.0. The molecule has 0 bridgehead atoms. The molecule has 2 N–H and O–H groups in total. The molecule has 0 saturated heterocycles. The highest BCUT2D eigenvalue weighted by Gasteiger charge is 1.98. The highest BCUT2D eigenvalue weighted by Crippen LogP contribution is 1.78. The number of ether oxygens (including phenoxy) is 1. The summed E-state index contributed by atoms with van der Waals surface area (Å²) in [5.74, 6) is 0. The van der Waals surface area contributed by atoms with E-state index in [0.29, 0.717) is 25.7 Å². The number of carbonyl (C=O) groups is 1. The van der Waals surface area contributed by atoms with E-state index in [9.17, 15) is 4.79 Å². The second-order valence-electron chi connectivity index (χ2n) is 2.78. The summed E-state index contributed by atoms with van der Waals surface area (Å²) in [7, 11) is 0. The summed E-state index contributed by atoms with van der Waals surface area (Å²) in [5, 5.41) is 5.68. The van der Waals surface area contributed by atoms with Crippen LogP contribution in [0.3, 0.4) is 0 Å². The van der Waals surface area contributed by atoms with E-state index in [2.05, 4.69) is 10.6 Å². The molecule has 0 aliphatic heterocycles.